The zero-order valence-corrected chi connectivity index (χ0v) is 10.5. The fourth-order valence-corrected chi connectivity index (χ4v) is 1.43. The highest BCUT2D eigenvalue weighted by Crippen LogP contribution is 2.03. The van der Waals surface area contributed by atoms with Gasteiger partial charge < -0.3 is 14.8 Å². The Morgan fingerprint density at radius 2 is 2.29 bits per heavy atom. The van der Waals surface area contributed by atoms with E-state index in [0.717, 1.165) is 5.76 Å². The lowest BCUT2D eigenvalue weighted by Gasteiger charge is -2.28. The van der Waals surface area contributed by atoms with Crippen molar-refractivity contribution in [2.24, 2.45) is 0 Å². The molecule has 5 heteroatoms. The molecule has 1 aromatic heterocycles. The predicted octanol–water partition coefficient (Wildman–Crippen LogP) is 0.597. The molecule has 17 heavy (non-hydrogen) atoms. The first kappa shape index (κ1) is 13.7. The van der Waals surface area contributed by atoms with Crippen LogP contribution in [0.15, 0.2) is 22.8 Å². The van der Waals surface area contributed by atoms with Gasteiger partial charge in [-0.25, -0.2) is 0 Å². The summed E-state index contributed by atoms with van der Waals surface area (Å²) in [6.45, 7) is 4.10. The number of hydrogen-bond acceptors (Lipinski definition) is 4. The minimum atomic E-state index is -0.285. The lowest BCUT2D eigenvalue weighted by Crippen LogP contribution is -2.47. The van der Waals surface area contributed by atoms with E-state index in [4.69, 9.17) is 9.52 Å². The molecule has 0 aliphatic carbocycles. The summed E-state index contributed by atoms with van der Waals surface area (Å²) in [5.41, 5.74) is 0. The maximum Gasteiger partial charge on any atom is 0.237 e. The average Bonchev–Trinajstić information content (AvgIpc) is 2.86. The second-order valence-corrected chi connectivity index (χ2v) is 4.17. The molecule has 0 saturated heterocycles. The molecule has 0 aliphatic heterocycles. The van der Waals surface area contributed by atoms with E-state index in [9.17, 15) is 4.79 Å². The highest BCUT2D eigenvalue weighted by Gasteiger charge is 2.21. The Kier molecular flexibility index (Phi) is 5.18. The molecule has 0 aromatic carbocycles. The first-order chi connectivity index (χ1) is 8.06. The second-order valence-electron chi connectivity index (χ2n) is 4.17. The first-order valence-corrected chi connectivity index (χ1v) is 5.69. The summed E-state index contributed by atoms with van der Waals surface area (Å²) in [4.78, 5) is 13.7. The van der Waals surface area contributed by atoms with Crippen LogP contribution in [0.25, 0.3) is 0 Å². The average molecular weight is 240 g/mol. The van der Waals surface area contributed by atoms with Crippen LogP contribution in [0.5, 0.6) is 0 Å². The lowest BCUT2D eigenvalue weighted by molar-refractivity contribution is -0.126. The number of hydrogen-bond donors (Lipinski definition) is 2. The molecule has 5 nitrogen and oxygen atoms in total. The van der Waals surface area contributed by atoms with Crippen LogP contribution >= 0.6 is 0 Å². The number of carbonyl (C=O) groups is 1. The number of aliphatic hydroxyl groups is 1. The molecule has 0 saturated carbocycles. The summed E-state index contributed by atoms with van der Waals surface area (Å²) in [6, 6.07) is 3.27. The predicted molar refractivity (Wildman–Crippen MR) is 64.3 cm³/mol. The Hall–Kier alpha value is -1.33. The number of aliphatic hydroxyl groups excluding tert-OH is 1. The normalized spacial score (nSPS) is 14.6. The van der Waals surface area contributed by atoms with E-state index in [2.05, 4.69) is 5.32 Å². The molecule has 1 heterocycles. The number of amides is 1. The molecule has 1 aromatic rings. The monoisotopic (exact) mass is 240 g/mol. The molecule has 0 radical (unpaired) electrons. The van der Waals surface area contributed by atoms with Gasteiger partial charge in [0.15, 0.2) is 0 Å². The molecule has 2 N–H and O–H groups in total. The largest absolute Gasteiger partial charge is 0.467 e. The van der Waals surface area contributed by atoms with Gasteiger partial charge in [0.05, 0.1) is 25.5 Å². The van der Waals surface area contributed by atoms with E-state index < -0.39 is 0 Å². The van der Waals surface area contributed by atoms with Crippen molar-refractivity contribution >= 4 is 5.91 Å². The van der Waals surface area contributed by atoms with Crippen molar-refractivity contribution in [2.45, 2.75) is 32.5 Å². The summed E-state index contributed by atoms with van der Waals surface area (Å²) in [7, 11) is 1.82. The van der Waals surface area contributed by atoms with E-state index in [1.165, 1.54) is 0 Å². The molecule has 2 atom stereocenters. The fraction of sp³-hybridized carbons (Fsp3) is 0.583. The van der Waals surface area contributed by atoms with E-state index in [1.54, 1.807) is 12.3 Å². The molecular formula is C12H20N2O3. The van der Waals surface area contributed by atoms with Gasteiger partial charge in [0.1, 0.15) is 5.76 Å². The standard InChI is InChI=1S/C12H20N2O3/c1-9(8-15)14(3)10(2)12(16)13-7-11-5-4-6-17-11/h4-6,9-10,15H,7-8H2,1-3H3,(H,13,16). The topological polar surface area (TPSA) is 65.7 Å². The highest BCUT2D eigenvalue weighted by atomic mass is 16.3. The zero-order valence-electron chi connectivity index (χ0n) is 10.5. The van der Waals surface area contributed by atoms with Crippen LogP contribution in [-0.2, 0) is 11.3 Å². The molecule has 1 amide bonds. The van der Waals surface area contributed by atoms with E-state index in [-0.39, 0.29) is 24.6 Å². The zero-order chi connectivity index (χ0) is 12.8. The second kappa shape index (κ2) is 6.42. The van der Waals surface area contributed by atoms with Gasteiger partial charge in [0.25, 0.3) is 0 Å². The van der Waals surface area contributed by atoms with Crippen LogP contribution in [0.4, 0.5) is 0 Å². The van der Waals surface area contributed by atoms with Crippen molar-refractivity contribution in [3.8, 4) is 0 Å². The molecule has 2 unspecified atom stereocenters. The fourth-order valence-electron chi connectivity index (χ4n) is 1.43. The summed E-state index contributed by atoms with van der Waals surface area (Å²) in [5, 5.41) is 11.8. The third-order valence-electron chi connectivity index (χ3n) is 2.97. The van der Waals surface area contributed by atoms with Gasteiger partial charge in [0, 0.05) is 6.04 Å². The number of nitrogens with one attached hydrogen (secondary N) is 1. The van der Waals surface area contributed by atoms with Gasteiger partial charge >= 0.3 is 0 Å². The maximum atomic E-state index is 11.8. The molecule has 96 valence electrons. The Labute approximate surface area is 101 Å². The molecule has 0 spiro atoms. The molecule has 1 rings (SSSR count). The Bertz CT molecular complexity index is 338. The molecule has 0 bridgehead atoms. The van der Waals surface area contributed by atoms with Crippen LogP contribution in [0.2, 0.25) is 0 Å². The third kappa shape index (κ3) is 3.87. The SMILES string of the molecule is CC(CO)N(C)C(C)C(=O)NCc1ccco1. The van der Waals surface area contributed by atoms with E-state index in [0.29, 0.717) is 6.54 Å². The number of likely N-dealkylation sites (N-methyl/N-ethyl adjacent to an activating group) is 1. The summed E-state index contributed by atoms with van der Waals surface area (Å²) >= 11 is 0. The number of carbonyl (C=O) groups excluding carboxylic acids is 1. The van der Waals surface area contributed by atoms with Gasteiger partial charge in [-0.3, -0.25) is 9.69 Å². The van der Waals surface area contributed by atoms with Crippen molar-refractivity contribution in [3.05, 3.63) is 24.2 Å². The summed E-state index contributed by atoms with van der Waals surface area (Å²) in [5.74, 6) is 0.646. The van der Waals surface area contributed by atoms with Gasteiger partial charge in [-0.05, 0) is 33.0 Å². The Morgan fingerprint density at radius 3 is 2.82 bits per heavy atom. The lowest BCUT2D eigenvalue weighted by atomic mass is 10.2. The van der Waals surface area contributed by atoms with Crippen molar-refractivity contribution in [1.29, 1.82) is 0 Å². The molecular weight excluding hydrogens is 220 g/mol. The van der Waals surface area contributed by atoms with Crippen molar-refractivity contribution in [2.75, 3.05) is 13.7 Å². The van der Waals surface area contributed by atoms with Gasteiger partial charge in [-0.1, -0.05) is 0 Å². The van der Waals surface area contributed by atoms with E-state index in [1.807, 2.05) is 31.9 Å². The van der Waals surface area contributed by atoms with Crippen LogP contribution in [0.3, 0.4) is 0 Å². The number of rotatable bonds is 6. The van der Waals surface area contributed by atoms with Crippen LogP contribution in [0, 0.1) is 0 Å². The highest BCUT2D eigenvalue weighted by molar-refractivity contribution is 5.81. The number of furan rings is 1. The minimum absolute atomic E-state index is 0.0340. The van der Waals surface area contributed by atoms with Crippen LogP contribution < -0.4 is 5.32 Å². The minimum Gasteiger partial charge on any atom is -0.467 e. The molecule has 0 fully saturated rings. The Morgan fingerprint density at radius 1 is 1.59 bits per heavy atom. The van der Waals surface area contributed by atoms with E-state index >= 15 is 0 Å². The van der Waals surface area contributed by atoms with Crippen LogP contribution in [0.1, 0.15) is 19.6 Å². The molecule has 0 aliphatic rings. The smallest absolute Gasteiger partial charge is 0.237 e. The maximum absolute atomic E-state index is 11.8. The van der Waals surface area contributed by atoms with Gasteiger partial charge in [0.2, 0.25) is 5.91 Å². The van der Waals surface area contributed by atoms with Gasteiger partial charge in [-0.15, -0.1) is 0 Å². The first-order valence-electron chi connectivity index (χ1n) is 5.69. The van der Waals surface area contributed by atoms with Crippen molar-refractivity contribution in [3.63, 3.8) is 0 Å². The van der Waals surface area contributed by atoms with Crippen molar-refractivity contribution in [1.82, 2.24) is 10.2 Å². The Balaban J connectivity index is 2.41. The summed E-state index contributed by atoms with van der Waals surface area (Å²) in [6.07, 6.45) is 1.57. The number of nitrogens with zero attached hydrogens (tertiary/aromatic N) is 1. The van der Waals surface area contributed by atoms with Gasteiger partial charge in [-0.2, -0.15) is 0 Å². The summed E-state index contributed by atoms with van der Waals surface area (Å²) < 4.78 is 5.12. The third-order valence-corrected chi connectivity index (χ3v) is 2.97. The quantitative estimate of drug-likeness (QED) is 0.764. The van der Waals surface area contributed by atoms with Crippen LogP contribution in [-0.4, -0.2) is 41.7 Å². The van der Waals surface area contributed by atoms with Crippen molar-refractivity contribution < 1.29 is 14.3 Å².